The first-order valence-corrected chi connectivity index (χ1v) is 6.89. The zero-order valence-electron chi connectivity index (χ0n) is 11.9. The maximum Gasteiger partial charge on any atom is 0.123 e. The highest BCUT2D eigenvalue weighted by molar-refractivity contribution is 5.42. The fourth-order valence-corrected chi connectivity index (χ4v) is 2.53. The molecule has 0 amide bonds. The van der Waals surface area contributed by atoms with Gasteiger partial charge in [-0.3, -0.25) is 9.80 Å². The van der Waals surface area contributed by atoms with Crippen molar-refractivity contribution in [3.05, 3.63) is 29.3 Å². The predicted molar refractivity (Wildman–Crippen MR) is 76.5 cm³/mol. The summed E-state index contributed by atoms with van der Waals surface area (Å²) >= 11 is 0. The first-order chi connectivity index (χ1) is 9.76. The molecule has 0 bridgehead atoms. The molecule has 1 N–H and O–H groups in total. The minimum absolute atomic E-state index is 0.220. The zero-order valence-corrected chi connectivity index (χ0v) is 11.9. The Kier molecular flexibility index (Phi) is 5.36. The standard InChI is InChI=1S/C15H21N3O2/c1-20-15-3-2-13(11-16)10-14(15)12-18-6-4-17(5-7-18)8-9-19/h2-3,10,19H,4-9,12H2,1H3. The molecule has 0 atom stereocenters. The number of hydrogen-bond donors (Lipinski definition) is 1. The van der Waals surface area contributed by atoms with Gasteiger partial charge < -0.3 is 9.84 Å². The van der Waals surface area contributed by atoms with Crippen molar-refractivity contribution in [3.63, 3.8) is 0 Å². The molecule has 1 heterocycles. The number of aliphatic hydroxyl groups excluding tert-OH is 1. The fraction of sp³-hybridized carbons (Fsp3) is 0.533. The number of ether oxygens (including phenoxy) is 1. The summed E-state index contributed by atoms with van der Waals surface area (Å²) < 4.78 is 5.37. The van der Waals surface area contributed by atoms with E-state index >= 15 is 0 Å². The third-order valence-corrected chi connectivity index (χ3v) is 3.68. The Morgan fingerprint density at radius 2 is 1.95 bits per heavy atom. The van der Waals surface area contributed by atoms with Crippen molar-refractivity contribution in [2.24, 2.45) is 0 Å². The molecule has 0 unspecified atom stereocenters. The second kappa shape index (κ2) is 7.25. The van der Waals surface area contributed by atoms with Crippen molar-refractivity contribution in [1.82, 2.24) is 9.80 Å². The molecule has 1 aromatic rings. The van der Waals surface area contributed by atoms with E-state index in [-0.39, 0.29) is 6.61 Å². The lowest BCUT2D eigenvalue weighted by molar-refractivity contribution is 0.108. The first kappa shape index (κ1) is 14.8. The molecule has 2 rings (SSSR count). The van der Waals surface area contributed by atoms with Gasteiger partial charge in [0, 0.05) is 44.8 Å². The maximum atomic E-state index is 8.99. The van der Waals surface area contributed by atoms with E-state index in [1.165, 1.54) is 0 Å². The maximum absolute atomic E-state index is 8.99. The Bertz CT molecular complexity index is 476. The van der Waals surface area contributed by atoms with E-state index in [1.54, 1.807) is 13.2 Å². The van der Waals surface area contributed by atoms with E-state index in [9.17, 15) is 0 Å². The molecule has 1 fully saturated rings. The van der Waals surface area contributed by atoms with Crippen molar-refractivity contribution in [2.45, 2.75) is 6.54 Å². The van der Waals surface area contributed by atoms with E-state index in [1.807, 2.05) is 12.1 Å². The van der Waals surface area contributed by atoms with Crippen LogP contribution in [-0.2, 0) is 6.54 Å². The van der Waals surface area contributed by atoms with Gasteiger partial charge in [-0.05, 0) is 18.2 Å². The SMILES string of the molecule is COc1ccc(C#N)cc1CN1CCN(CCO)CC1. The molecule has 108 valence electrons. The highest BCUT2D eigenvalue weighted by Gasteiger charge is 2.17. The van der Waals surface area contributed by atoms with E-state index in [0.717, 1.165) is 50.6 Å². The molecule has 1 aromatic carbocycles. The number of methoxy groups -OCH3 is 1. The van der Waals surface area contributed by atoms with Gasteiger partial charge in [0.15, 0.2) is 0 Å². The van der Waals surface area contributed by atoms with Crippen LogP contribution in [0.5, 0.6) is 5.75 Å². The Labute approximate surface area is 120 Å². The third-order valence-electron chi connectivity index (χ3n) is 3.68. The van der Waals surface area contributed by atoms with E-state index in [0.29, 0.717) is 5.56 Å². The zero-order chi connectivity index (χ0) is 14.4. The third kappa shape index (κ3) is 3.70. The van der Waals surface area contributed by atoms with Crippen LogP contribution in [0.1, 0.15) is 11.1 Å². The summed E-state index contributed by atoms with van der Waals surface area (Å²) in [4.78, 5) is 4.62. The summed E-state index contributed by atoms with van der Waals surface area (Å²) in [5, 5.41) is 17.9. The van der Waals surface area contributed by atoms with Gasteiger partial charge in [-0.1, -0.05) is 0 Å². The molecule has 1 aliphatic rings. The van der Waals surface area contributed by atoms with E-state index in [2.05, 4.69) is 15.9 Å². The van der Waals surface area contributed by atoms with Crippen LogP contribution in [0, 0.1) is 11.3 Å². The highest BCUT2D eigenvalue weighted by atomic mass is 16.5. The predicted octanol–water partition coefficient (Wildman–Crippen LogP) is 0.677. The normalized spacial score (nSPS) is 16.9. The number of piperazine rings is 1. The fourth-order valence-electron chi connectivity index (χ4n) is 2.53. The topological polar surface area (TPSA) is 59.7 Å². The molecule has 1 aliphatic heterocycles. The molecule has 0 aliphatic carbocycles. The van der Waals surface area contributed by atoms with Crippen LogP contribution >= 0.6 is 0 Å². The Hall–Kier alpha value is -1.61. The van der Waals surface area contributed by atoms with E-state index < -0.39 is 0 Å². The minimum Gasteiger partial charge on any atom is -0.496 e. The summed E-state index contributed by atoms with van der Waals surface area (Å²) in [6.07, 6.45) is 0. The molecule has 0 spiro atoms. The summed E-state index contributed by atoms with van der Waals surface area (Å²) in [5.41, 5.74) is 1.72. The van der Waals surface area contributed by atoms with Crippen molar-refractivity contribution in [1.29, 1.82) is 5.26 Å². The molecule has 0 radical (unpaired) electrons. The summed E-state index contributed by atoms with van der Waals surface area (Å²) in [6, 6.07) is 7.71. The number of benzene rings is 1. The lowest BCUT2D eigenvalue weighted by Gasteiger charge is -2.34. The van der Waals surface area contributed by atoms with Gasteiger partial charge in [0.05, 0.1) is 25.3 Å². The van der Waals surface area contributed by atoms with Crippen molar-refractivity contribution in [2.75, 3.05) is 46.4 Å². The Morgan fingerprint density at radius 1 is 1.25 bits per heavy atom. The van der Waals surface area contributed by atoms with Crippen LogP contribution in [0.4, 0.5) is 0 Å². The van der Waals surface area contributed by atoms with Gasteiger partial charge in [0.1, 0.15) is 5.75 Å². The highest BCUT2D eigenvalue weighted by Crippen LogP contribution is 2.22. The average Bonchev–Trinajstić information content (AvgIpc) is 2.49. The second-order valence-electron chi connectivity index (χ2n) is 4.98. The Morgan fingerprint density at radius 3 is 2.55 bits per heavy atom. The van der Waals surface area contributed by atoms with Gasteiger partial charge in [0.2, 0.25) is 0 Å². The summed E-state index contributed by atoms with van der Waals surface area (Å²) in [6.45, 7) is 5.66. The van der Waals surface area contributed by atoms with Crippen molar-refractivity contribution >= 4 is 0 Å². The molecule has 0 saturated carbocycles. The van der Waals surface area contributed by atoms with Gasteiger partial charge in [0.25, 0.3) is 0 Å². The van der Waals surface area contributed by atoms with Gasteiger partial charge in [-0.2, -0.15) is 5.26 Å². The molecule has 5 heteroatoms. The van der Waals surface area contributed by atoms with Crippen LogP contribution in [-0.4, -0.2) is 61.3 Å². The number of hydrogen-bond acceptors (Lipinski definition) is 5. The molecular weight excluding hydrogens is 254 g/mol. The molecular formula is C15H21N3O2. The second-order valence-corrected chi connectivity index (χ2v) is 4.98. The minimum atomic E-state index is 0.220. The van der Waals surface area contributed by atoms with Crippen LogP contribution in [0.2, 0.25) is 0 Å². The lowest BCUT2D eigenvalue weighted by Crippen LogP contribution is -2.46. The summed E-state index contributed by atoms with van der Waals surface area (Å²) in [5.74, 6) is 0.835. The first-order valence-electron chi connectivity index (χ1n) is 6.89. The van der Waals surface area contributed by atoms with Gasteiger partial charge in [-0.25, -0.2) is 0 Å². The monoisotopic (exact) mass is 275 g/mol. The van der Waals surface area contributed by atoms with Crippen molar-refractivity contribution in [3.8, 4) is 11.8 Å². The molecule has 20 heavy (non-hydrogen) atoms. The largest absolute Gasteiger partial charge is 0.496 e. The molecule has 0 aromatic heterocycles. The number of aliphatic hydroxyl groups is 1. The van der Waals surface area contributed by atoms with Crippen molar-refractivity contribution < 1.29 is 9.84 Å². The number of β-amino-alcohol motifs (C(OH)–C–C–N with tert-alkyl or cyclic N) is 1. The Balaban J connectivity index is 1.98. The van der Waals surface area contributed by atoms with Crippen LogP contribution in [0.15, 0.2) is 18.2 Å². The van der Waals surface area contributed by atoms with Gasteiger partial charge >= 0.3 is 0 Å². The molecule has 1 saturated heterocycles. The van der Waals surface area contributed by atoms with Crippen LogP contribution in [0.25, 0.3) is 0 Å². The van der Waals surface area contributed by atoms with Crippen LogP contribution in [0.3, 0.4) is 0 Å². The quantitative estimate of drug-likeness (QED) is 0.856. The number of nitrogens with zero attached hydrogens (tertiary/aromatic N) is 3. The molecule has 5 nitrogen and oxygen atoms in total. The lowest BCUT2D eigenvalue weighted by atomic mass is 10.1. The van der Waals surface area contributed by atoms with E-state index in [4.69, 9.17) is 15.1 Å². The smallest absolute Gasteiger partial charge is 0.123 e. The average molecular weight is 275 g/mol. The van der Waals surface area contributed by atoms with Crippen LogP contribution < -0.4 is 4.74 Å². The summed E-state index contributed by atoms with van der Waals surface area (Å²) in [7, 11) is 1.66. The number of rotatable bonds is 5. The number of nitriles is 1. The van der Waals surface area contributed by atoms with Gasteiger partial charge in [-0.15, -0.1) is 0 Å².